The number of ether oxygens (including phenoxy) is 1. The molecule has 0 radical (unpaired) electrons. The van der Waals surface area contributed by atoms with Crippen LogP contribution in [0.5, 0.6) is 0 Å². The van der Waals surface area contributed by atoms with E-state index in [1.807, 2.05) is 5.10 Å². The Morgan fingerprint density at radius 3 is 2.75 bits per heavy atom. The number of nitrogens with zero attached hydrogens (tertiary/aromatic N) is 1. The van der Waals surface area contributed by atoms with Crippen molar-refractivity contribution in [3.63, 3.8) is 0 Å². The van der Waals surface area contributed by atoms with E-state index in [0.717, 1.165) is 0 Å². The van der Waals surface area contributed by atoms with E-state index >= 15 is 0 Å². The topological polar surface area (TPSA) is 87.8 Å². The van der Waals surface area contributed by atoms with E-state index in [2.05, 4.69) is 14.8 Å². The van der Waals surface area contributed by atoms with Crippen molar-refractivity contribution in [1.29, 1.82) is 0 Å². The molecule has 1 aromatic rings. The molecule has 0 aromatic carbocycles. The second-order valence-electron chi connectivity index (χ2n) is 1.75. The van der Waals surface area contributed by atoms with Gasteiger partial charge in [0.1, 0.15) is 0 Å². The molecule has 12 heavy (non-hydrogen) atoms. The number of rotatable bonds is 2. The maximum Gasteiger partial charge on any atom is 0.376 e. The fourth-order valence-corrected chi connectivity index (χ4v) is 0.566. The van der Waals surface area contributed by atoms with Gasteiger partial charge >= 0.3 is 11.7 Å². The third-order valence-electron chi connectivity index (χ3n) is 0.970. The Labute approximate surface area is 73.7 Å². The number of aromatic amines is 2. The number of nitrogens with one attached hydrogen (secondary N) is 2. The van der Waals surface area contributed by atoms with Crippen molar-refractivity contribution in [2.24, 2.45) is 0 Å². The minimum Gasteiger partial charge on any atom is -0.460 e. The Kier molecular flexibility index (Phi) is 4.06. The van der Waals surface area contributed by atoms with E-state index in [-0.39, 0.29) is 24.8 Å². The van der Waals surface area contributed by atoms with Gasteiger partial charge in [0.15, 0.2) is 0 Å². The van der Waals surface area contributed by atoms with Gasteiger partial charge in [-0.05, 0) is 6.92 Å². The molecule has 0 saturated carbocycles. The number of esters is 1. The minimum atomic E-state index is -0.633. The van der Waals surface area contributed by atoms with Crippen molar-refractivity contribution in [1.82, 2.24) is 15.2 Å². The maximum absolute atomic E-state index is 10.8. The molecule has 68 valence electrons. The lowest BCUT2D eigenvalue weighted by atomic mass is 10.6. The Morgan fingerprint density at radius 1 is 1.67 bits per heavy atom. The molecule has 1 rings (SSSR count). The molecular weight excluding hydrogens is 186 g/mol. The fourth-order valence-electron chi connectivity index (χ4n) is 0.566. The highest BCUT2D eigenvalue weighted by molar-refractivity contribution is 5.85. The van der Waals surface area contributed by atoms with E-state index in [9.17, 15) is 9.59 Å². The SMILES string of the molecule is CCOC(=O)c1n[nH]c(=O)[nH]1.Cl. The predicted octanol–water partition coefficient (Wildman–Crippen LogP) is -0.303. The Morgan fingerprint density at radius 2 is 2.33 bits per heavy atom. The molecule has 0 unspecified atom stereocenters. The molecule has 1 aromatic heterocycles. The van der Waals surface area contributed by atoms with Gasteiger partial charge in [-0.15, -0.1) is 17.5 Å². The van der Waals surface area contributed by atoms with Gasteiger partial charge in [0.2, 0.25) is 5.82 Å². The quantitative estimate of drug-likeness (QED) is 0.631. The molecule has 6 nitrogen and oxygen atoms in total. The first-order chi connectivity index (χ1) is 5.24. The van der Waals surface area contributed by atoms with Crippen LogP contribution in [0, 0.1) is 0 Å². The summed E-state index contributed by atoms with van der Waals surface area (Å²) in [6.07, 6.45) is 0. The summed E-state index contributed by atoms with van der Waals surface area (Å²) >= 11 is 0. The van der Waals surface area contributed by atoms with Crippen LogP contribution >= 0.6 is 12.4 Å². The van der Waals surface area contributed by atoms with Crippen LogP contribution in [0.4, 0.5) is 0 Å². The second kappa shape index (κ2) is 4.55. The average molecular weight is 194 g/mol. The number of halogens is 1. The summed E-state index contributed by atoms with van der Waals surface area (Å²) in [6.45, 7) is 1.93. The Balaban J connectivity index is 0.00000121. The first-order valence-corrected chi connectivity index (χ1v) is 3.06. The molecule has 0 amide bonds. The van der Waals surface area contributed by atoms with Crippen LogP contribution in [-0.2, 0) is 4.74 Å². The van der Waals surface area contributed by atoms with Crippen LogP contribution in [0.25, 0.3) is 0 Å². The largest absolute Gasteiger partial charge is 0.460 e. The van der Waals surface area contributed by atoms with Gasteiger partial charge in [0, 0.05) is 0 Å². The van der Waals surface area contributed by atoms with Crippen LogP contribution in [0.3, 0.4) is 0 Å². The number of hydrogen-bond acceptors (Lipinski definition) is 4. The van der Waals surface area contributed by atoms with Crippen molar-refractivity contribution >= 4 is 18.4 Å². The number of carbonyl (C=O) groups excluding carboxylic acids is 1. The summed E-state index contributed by atoms with van der Waals surface area (Å²) in [4.78, 5) is 23.4. The lowest BCUT2D eigenvalue weighted by Crippen LogP contribution is -2.08. The molecule has 1 heterocycles. The molecule has 2 N–H and O–H groups in total. The standard InChI is InChI=1S/C5H7N3O3.ClH/c1-2-11-4(9)3-6-5(10)8-7-3;/h2H2,1H3,(H2,6,7,8,10);1H. The highest BCUT2D eigenvalue weighted by Crippen LogP contribution is 1.86. The van der Waals surface area contributed by atoms with Crippen LogP contribution in [0.2, 0.25) is 0 Å². The van der Waals surface area contributed by atoms with Crippen molar-refractivity contribution < 1.29 is 9.53 Å². The number of carbonyl (C=O) groups is 1. The van der Waals surface area contributed by atoms with Crippen molar-refractivity contribution in [3.05, 3.63) is 16.3 Å². The van der Waals surface area contributed by atoms with Gasteiger partial charge in [-0.3, -0.25) is 4.98 Å². The molecule has 0 aliphatic carbocycles. The monoisotopic (exact) mass is 193 g/mol. The zero-order valence-corrected chi connectivity index (χ0v) is 7.10. The minimum absolute atomic E-state index is 0. The third-order valence-corrected chi connectivity index (χ3v) is 0.970. The first-order valence-electron chi connectivity index (χ1n) is 3.06. The maximum atomic E-state index is 10.8. The molecule has 0 bridgehead atoms. The summed E-state index contributed by atoms with van der Waals surface area (Å²) in [5, 5.41) is 5.41. The number of H-pyrrole nitrogens is 2. The van der Waals surface area contributed by atoms with E-state index in [1.54, 1.807) is 6.92 Å². The van der Waals surface area contributed by atoms with Crippen molar-refractivity contribution in [3.8, 4) is 0 Å². The molecule has 0 fully saturated rings. The van der Waals surface area contributed by atoms with Gasteiger partial charge in [0.25, 0.3) is 0 Å². The van der Waals surface area contributed by atoms with Gasteiger partial charge in [-0.25, -0.2) is 14.7 Å². The smallest absolute Gasteiger partial charge is 0.376 e. The molecule has 0 aliphatic heterocycles. The first kappa shape index (κ1) is 10.7. The summed E-state index contributed by atoms with van der Waals surface area (Å²) in [5.74, 6) is -0.734. The number of aromatic nitrogens is 3. The lowest BCUT2D eigenvalue weighted by Gasteiger charge is -1.94. The van der Waals surface area contributed by atoms with Crippen molar-refractivity contribution in [2.45, 2.75) is 6.92 Å². The predicted molar refractivity (Wildman–Crippen MR) is 42.4 cm³/mol. The Hall–Kier alpha value is -1.30. The summed E-state index contributed by atoms with van der Waals surface area (Å²) in [6, 6.07) is 0. The molecule has 0 saturated heterocycles. The van der Waals surface area contributed by atoms with Crippen LogP contribution < -0.4 is 5.69 Å². The van der Waals surface area contributed by atoms with E-state index in [4.69, 9.17) is 0 Å². The van der Waals surface area contributed by atoms with Crippen LogP contribution in [0.15, 0.2) is 4.79 Å². The summed E-state index contributed by atoms with van der Waals surface area (Å²) in [7, 11) is 0. The zero-order valence-electron chi connectivity index (χ0n) is 6.29. The molecule has 7 heteroatoms. The van der Waals surface area contributed by atoms with Crippen LogP contribution in [0.1, 0.15) is 17.5 Å². The zero-order chi connectivity index (χ0) is 8.27. The highest BCUT2D eigenvalue weighted by atomic mass is 35.5. The lowest BCUT2D eigenvalue weighted by molar-refractivity contribution is 0.0512. The molecule has 0 aliphatic rings. The van der Waals surface area contributed by atoms with E-state index in [0.29, 0.717) is 0 Å². The fraction of sp³-hybridized carbons (Fsp3) is 0.400. The summed E-state index contributed by atoms with van der Waals surface area (Å²) in [5.41, 5.74) is -0.520. The van der Waals surface area contributed by atoms with Crippen molar-refractivity contribution in [2.75, 3.05) is 6.61 Å². The van der Waals surface area contributed by atoms with Crippen LogP contribution in [-0.4, -0.2) is 27.8 Å². The Bertz CT molecular complexity index is 305. The molecule has 0 atom stereocenters. The highest BCUT2D eigenvalue weighted by Gasteiger charge is 2.09. The third kappa shape index (κ3) is 2.39. The second-order valence-corrected chi connectivity index (χ2v) is 1.75. The van der Waals surface area contributed by atoms with Gasteiger partial charge in [0.05, 0.1) is 6.61 Å². The summed E-state index contributed by atoms with van der Waals surface area (Å²) < 4.78 is 4.55. The normalized spacial score (nSPS) is 8.75. The van der Waals surface area contributed by atoms with E-state index < -0.39 is 11.7 Å². The van der Waals surface area contributed by atoms with Gasteiger partial charge < -0.3 is 4.74 Å². The molecular formula is C5H8ClN3O3. The van der Waals surface area contributed by atoms with E-state index in [1.165, 1.54) is 0 Å². The average Bonchev–Trinajstić information content (AvgIpc) is 2.36. The molecule has 0 spiro atoms. The number of hydrogen-bond donors (Lipinski definition) is 2. The van der Waals surface area contributed by atoms with Gasteiger partial charge in [-0.2, -0.15) is 0 Å². The van der Waals surface area contributed by atoms with Gasteiger partial charge in [-0.1, -0.05) is 0 Å².